The molecule has 0 heterocycles. The Hall–Kier alpha value is -5.49. The molecule has 0 bridgehead atoms. The third-order valence-electron chi connectivity index (χ3n) is 13.4. The number of ether oxygens (including phenoxy) is 3. The minimum Gasteiger partial charge on any atom is -0.462 e. The molecule has 0 fully saturated rings. The molecule has 0 aliphatic carbocycles. The van der Waals surface area contributed by atoms with Gasteiger partial charge in [0.25, 0.3) is 0 Å². The fourth-order valence-electron chi connectivity index (χ4n) is 8.52. The van der Waals surface area contributed by atoms with E-state index in [1.165, 1.54) is 38.5 Å². The number of carbonyl (C=O) groups is 3. The van der Waals surface area contributed by atoms with Crippen molar-refractivity contribution in [1.82, 2.24) is 0 Å². The second-order valence-corrected chi connectivity index (χ2v) is 21.2. The summed E-state index contributed by atoms with van der Waals surface area (Å²) in [7, 11) is 0. The van der Waals surface area contributed by atoms with Crippen molar-refractivity contribution >= 4 is 17.9 Å². The Bertz CT molecular complexity index is 1940. The standard InChI is InChI=1S/C77H120O6/c1-4-7-10-13-16-19-22-25-28-31-34-36-37-38-39-41-43-46-49-52-55-58-61-64-67-70-76(79)82-73-74(72-81-75(78)69-66-63-60-57-54-51-48-45-42-33-30-27-24-21-18-15-12-9-6-3)83-77(80)71-68-65-62-59-56-53-50-47-44-40-35-32-29-26-23-20-17-14-11-8-5-2/h7-12,16-21,25-30,34-36,38-40,42,45,47,50-51,54,74H,4-6,13-15,22-24,31-33,37,41,43-44,46,48-49,52-53,55-73H2,1-3H3/b10-7-,11-8-,12-9-,19-16-,20-17-,21-18-,28-25-,29-26-,30-27-,36-34-,39-38-,40-35-,45-42-,50-47-,54-51-. The summed E-state index contributed by atoms with van der Waals surface area (Å²) in [6.45, 7) is 6.25. The van der Waals surface area contributed by atoms with Crippen LogP contribution in [0.2, 0.25) is 0 Å². The van der Waals surface area contributed by atoms with E-state index in [2.05, 4.69) is 203 Å². The van der Waals surface area contributed by atoms with E-state index < -0.39 is 6.10 Å². The lowest BCUT2D eigenvalue weighted by Crippen LogP contribution is -2.30. The maximum absolute atomic E-state index is 12.9. The largest absolute Gasteiger partial charge is 0.462 e. The third kappa shape index (κ3) is 67.2. The zero-order chi connectivity index (χ0) is 59.9. The van der Waals surface area contributed by atoms with Crippen molar-refractivity contribution in [1.29, 1.82) is 0 Å². The van der Waals surface area contributed by atoms with Crippen LogP contribution in [0.1, 0.15) is 265 Å². The van der Waals surface area contributed by atoms with Crippen LogP contribution in [0, 0.1) is 0 Å². The summed E-state index contributed by atoms with van der Waals surface area (Å²) < 4.78 is 16.9. The molecule has 0 aromatic carbocycles. The van der Waals surface area contributed by atoms with Crippen molar-refractivity contribution < 1.29 is 28.6 Å². The van der Waals surface area contributed by atoms with Gasteiger partial charge in [0, 0.05) is 19.3 Å². The summed E-state index contributed by atoms with van der Waals surface area (Å²) in [5.41, 5.74) is 0. The van der Waals surface area contributed by atoms with Crippen LogP contribution in [-0.2, 0) is 28.6 Å². The Balaban J connectivity index is 4.52. The normalized spacial score (nSPS) is 13.3. The average Bonchev–Trinajstić information content (AvgIpc) is 3.50. The number of carbonyl (C=O) groups excluding carboxylic acids is 3. The van der Waals surface area contributed by atoms with Crippen LogP contribution < -0.4 is 0 Å². The maximum Gasteiger partial charge on any atom is 0.306 e. The molecule has 6 heteroatoms. The first-order valence-corrected chi connectivity index (χ1v) is 33.3. The SMILES string of the molecule is CC/C=C\C/C=C\C/C=C\C/C=C\C/C=C\CCCCCCCCCCCC(=O)OCC(COC(=O)CCCCC/C=C\C/C=C\C/C=C\C/C=C\C/C=C\CC)OC(=O)CCCCCCC/C=C\C/C=C\C/C=C\C/C=C\C/C=C\CC. The molecule has 1 atom stereocenters. The fourth-order valence-corrected chi connectivity index (χ4v) is 8.52. The van der Waals surface area contributed by atoms with Gasteiger partial charge in [0.15, 0.2) is 6.10 Å². The second kappa shape index (κ2) is 69.0. The summed E-state index contributed by atoms with van der Waals surface area (Å²) >= 11 is 0. The van der Waals surface area contributed by atoms with Gasteiger partial charge in [0.1, 0.15) is 13.2 Å². The topological polar surface area (TPSA) is 78.9 Å². The summed E-state index contributed by atoms with van der Waals surface area (Å²) in [5.74, 6) is -0.971. The monoisotopic (exact) mass is 1140 g/mol. The molecule has 1 unspecified atom stereocenters. The van der Waals surface area contributed by atoms with Crippen LogP contribution in [0.5, 0.6) is 0 Å². The van der Waals surface area contributed by atoms with Gasteiger partial charge in [0.05, 0.1) is 0 Å². The van der Waals surface area contributed by atoms with Gasteiger partial charge in [-0.3, -0.25) is 14.4 Å². The van der Waals surface area contributed by atoms with Gasteiger partial charge in [-0.25, -0.2) is 0 Å². The molecule has 0 aliphatic rings. The molecule has 0 amide bonds. The molecule has 83 heavy (non-hydrogen) atoms. The summed E-state index contributed by atoms with van der Waals surface area (Å²) in [6, 6.07) is 0. The minimum atomic E-state index is -0.818. The molecular formula is C77H120O6. The molecule has 0 aromatic heterocycles. The van der Waals surface area contributed by atoms with Gasteiger partial charge >= 0.3 is 17.9 Å². The Morgan fingerprint density at radius 2 is 0.434 bits per heavy atom. The average molecular weight is 1140 g/mol. The van der Waals surface area contributed by atoms with Crippen molar-refractivity contribution in [3.05, 3.63) is 182 Å². The predicted molar refractivity (Wildman–Crippen MR) is 361 cm³/mol. The second-order valence-electron chi connectivity index (χ2n) is 21.2. The molecule has 0 aromatic rings. The molecular weight excluding hydrogens is 1020 g/mol. The van der Waals surface area contributed by atoms with E-state index >= 15 is 0 Å². The molecule has 0 saturated carbocycles. The Morgan fingerprint density at radius 1 is 0.241 bits per heavy atom. The number of hydrogen-bond acceptors (Lipinski definition) is 6. The maximum atomic E-state index is 12.9. The van der Waals surface area contributed by atoms with Crippen LogP contribution in [0.15, 0.2) is 182 Å². The highest BCUT2D eigenvalue weighted by Gasteiger charge is 2.19. The van der Waals surface area contributed by atoms with Crippen LogP contribution in [0.3, 0.4) is 0 Å². The van der Waals surface area contributed by atoms with E-state index in [9.17, 15) is 14.4 Å². The highest BCUT2D eigenvalue weighted by molar-refractivity contribution is 5.71. The quantitative estimate of drug-likeness (QED) is 0.0261. The zero-order valence-corrected chi connectivity index (χ0v) is 53.1. The van der Waals surface area contributed by atoms with Gasteiger partial charge in [0.2, 0.25) is 0 Å². The first-order valence-electron chi connectivity index (χ1n) is 33.3. The van der Waals surface area contributed by atoms with Crippen LogP contribution in [0.4, 0.5) is 0 Å². The van der Waals surface area contributed by atoms with E-state index in [4.69, 9.17) is 14.2 Å². The zero-order valence-electron chi connectivity index (χ0n) is 53.1. The van der Waals surface area contributed by atoms with Crippen molar-refractivity contribution in [2.75, 3.05) is 13.2 Å². The molecule has 6 nitrogen and oxygen atoms in total. The Labute approximate surface area is 510 Å². The predicted octanol–water partition coefficient (Wildman–Crippen LogP) is 23.2. The number of rotatable bonds is 58. The molecule has 0 aliphatic heterocycles. The van der Waals surface area contributed by atoms with Gasteiger partial charge in [-0.15, -0.1) is 0 Å². The summed E-state index contributed by atoms with van der Waals surface area (Å²) in [6.07, 6.45) is 103. The first kappa shape index (κ1) is 77.5. The molecule has 464 valence electrons. The van der Waals surface area contributed by atoms with E-state index in [1.807, 2.05) is 0 Å². The number of allylic oxidation sites excluding steroid dienone is 30. The van der Waals surface area contributed by atoms with E-state index in [-0.39, 0.29) is 37.5 Å². The Kier molecular flexibility index (Phi) is 64.4. The smallest absolute Gasteiger partial charge is 0.306 e. The van der Waals surface area contributed by atoms with Crippen LogP contribution in [0.25, 0.3) is 0 Å². The van der Waals surface area contributed by atoms with Gasteiger partial charge in [-0.2, -0.15) is 0 Å². The van der Waals surface area contributed by atoms with E-state index in [0.717, 1.165) is 186 Å². The molecule has 0 rings (SSSR count). The van der Waals surface area contributed by atoms with Gasteiger partial charge in [-0.1, -0.05) is 274 Å². The number of hydrogen-bond donors (Lipinski definition) is 0. The fraction of sp³-hybridized carbons (Fsp3) is 0.571. The van der Waals surface area contributed by atoms with Gasteiger partial charge in [-0.05, 0) is 154 Å². The van der Waals surface area contributed by atoms with E-state index in [1.54, 1.807) is 0 Å². The number of esters is 3. The molecule has 0 N–H and O–H groups in total. The highest BCUT2D eigenvalue weighted by Crippen LogP contribution is 2.14. The lowest BCUT2D eigenvalue weighted by molar-refractivity contribution is -0.167. The number of unbranched alkanes of at least 4 members (excludes halogenated alkanes) is 17. The van der Waals surface area contributed by atoms with Crippen molar-refractivity contribution in [2.24, 2.45) is 0 Å². The van der Waals surface area contributed by atoms with Crippen LogP contribution in [-0.4, -0.2) is 37.2 Å². The van der Waals surface area contributed by atoms with E-state index in [0.29, 0.717) is 12.8 Å². The third-order valence-corrected chi connectivity index (χ3v) is 13.4. The molecule has 0 saturated heterocycles. The van der Waals surface area contributed by atoms with Crippen LogP contribution >= 0.6 is 0 Å². The molecule has 0 spiro atoms. The first-order chi connectivity index (χ1) is 41.0. The van der Waals surface area contributed by atoms with Gasteiger partial charge < -0.3 is 14.2 Å². The molecule has 0 radical (unpaired) electrons. The lowest BCUT2D eigenvalue weighted by atomic mass is 10.1. The van der Waals surface area contributed by atoms with Crippen molar-refractivity contribution in [3.8, 4) is 0 Å². The lowest BCUT2D eigenvalue weighted by Gasteiger charge is -2.18. The summed E-state index contributed by atoms with van der Waals surface area (Å²) in [4.78, 5) is 38.4. The summed E-state index contributed by atoms with van der Waals surface area (Å²) in [5, 5.41) is 0. The highest BCUT2D eigenvalue weighted by atomic mass is 16.6. The van der Waals surface area contributed by atoms with Crippen molar-refractivity contribution in [3.63, 3.8) is 0 Å². The minimum absolute atomic E-state index is 0.109. The Morgan fingerprint density at radius 3 is 0.687 bits per heavy atom. The van der Waals surface area contributed by atoms with Crippen molar-refractivity contribution in [2.45, 2.75) is 271 Å².